The van der Waals surface area contributed by atoms with Gasteiger partial charge in [0.1, 0.15) is 0 Å². The van der Waals surface area contributed by atoms with Gasteiger partial charge in [-0.2, -0.15) is 0 Å². The number of aromatic nitrogens is 3. The van der Waals surface area contributed by atoms with Gasteiger partial charge in [0.05, 0.1) is 22.4 Å². The van der Waals surface area contributed by atoms with Gasteiger partial charge < -0.3 is 4.57 Å². The molecule has 44 heavy (non-hydrogen) atoms. The van der Waals surface area contributed by atoms with Gasteiger partial charge in [-0.05, 0) is 48.5 Å². The highest BCUT2D eigenvalue weighted by Gasteiger charge is 2.19. The molecule has 0 aliphatic carbocycles. The first-order valence-electron chi connectivity index (χ1n) is 14.8. The third-order valence-electron chi connectivity index (χ3n) is 8.42. The zero-order valence-corrected chi connectivity index (χ0v) is 24.5. The van der Waals surface area contributed by atoms with E-state index in [0.717, 1.165) is 56.0 Å². The molecule has 0 N–H and O–H groups in total. The molecule has 0 unspecified atom stereocenters. The molecule has 0 spiro atoms. The minimum atomic E-state index is 0.721. The lowest BCUT2D eigenvalue weighted by Crippen LogP contribution is -1.97. The summed E-state index contributed by atoms with van der Waals surface area (Å²) >= 11 is 1.83. The number of hydrogen-bond donors (Lipinski definition) is 0. The first-order valence-corrected chi connectivity index (χ1v) is 15.6. The lowest BCUT2D eigenvalue weighted by atomic mass is 10.0. The Morgan fingerprint density at radius 3 is 1.95 bits per heavy atom. The first-order chi connectivity index (χ1) is 21.8. The minimum Gasteiger partial charge on any atom is -0.309 e. The van der Waals surface area contributed by atoms with E-state index in [1.807, 2.05) is 17.4 Å². The second-order valence-electron chi connectivity index (χ2n) is 11.0. The Morgan fingerprint density at radius 1 is 0.455 bits per heavy atom. The second kappa shape index (κ2) is 10.0. The summed E-state index contributed by atoms with van der Waals surface area (Å²) < 4.78 is 4.92. The summed E-state index contributed by atoms with van der Waals surface area (Å²) in [5, 5.41) is 4.88. The summed E-state index contributed by atoms with van der Waals surface area (Å²) in [4.78, 5) is 10.5. The maximum absolute atomic E-state index is 5.29. The van der Waals surface area contributed by atoms with Crippen LogP contribution in [0.1, 0.15) is 0 Å². The van der Waals surface area contributed by atoms with Gasteiger partial charge in [0.2, 0.25) is 0 Å². The Morgan fingerprint density at radius 2 is 1.11 bits per heavy atom. The molecule has 3 nitrogen and oxygen atoms in total. The van der Waals surface area contributed by atoms with Gasteiger partial charge in [0.25, 0.3) is 0 Å². The summed E-state index contributed by atoms with van der Waals surface area (Å²) in [6, 6.07) is 53.5. The van der Waals surface area contributed by atoms with Crippen molar-refractivity contribution < 1.29 is 0 Å². The number of hydrogen-bond acceptors (Lipinski definition) is 3. The molecule has 4 heteroatoms. The van der Waals surface area contributed by atoms with Crippen LogP contribution in [0.5, 0.6) is 0 Å². The number of nitrogens with zero attached hydrogens (tertiary/aromatic N) is 3. The summed E-state index contributed by atoms with van der Waals surface area (Å²) in [6.45, 7) is 0. The molecule has 0 fully saturated rings. The highest BCUT2D eigenvalue weighted by molar-refractivity contribution is 7.25. The van der Waals surface area contributed by atoms with Crippen LogP contribution in [0.2, 0.25) is 0 Å². The van der Waals surface area contributed by atoms with E-state index in [4.69, 9.17) is 9.97 Å². The van der Waals surface area contributed by atoms with Crippen LogP contribution in [0, 0.1) is 0 Å². The Kier molecular flexibility index (Phi) is 5.68. The van der Waals surface area contributed by atoms with Crippen LogP contribution < -0.4 is 0 Å². The van der Waals surface area contributed by atoms with Crippen LogP contribution >= 0.6 is 11.3 Å². The molecule has 0 radical (unpaired) electrons. The molecule has 206 valence electrons. The van der Waals surface area contributed by atoms with Gasteiger partial charge in [-0.15, -0.1) is 11.3 Å². The molecular formula is C40H25N3S. The molecule has 0 saturated carbocycles. The molecule has 0 atom stereocenters. The molecule has 0 aliphatic heterocycles. The van der Waals surface area contributed by atoms with Gasteiger partial charge in [-0.1, -0.05) is 103 Å². The van der Waals surface area contributed by atoms with E-state index in [0.29, 0.717) is 0 Å². The van der Waals surface area contributed by atoms with E-state index in [9.17, 15) is 0 Å². The van der Waals surface area contributed by atoms with Crippen molar-refractivity contribution >= 4 is 53.3 Å². The van der Waals surface area contributed by atoms with Gasteiger partial charge in [-0.25, -0.2) is 9.97 Å². The Balaban J connectivity index is 1.32. The van der Waals surface area contributed by atoms with E-state index in [-0.39, 0.29) is 0 Å². The molecular weight excluding hydrogens is 555 g/mol. The fourth-order valence-electron chi connectivity index (χ4n) is 6.42. The number of rotatable bonds is 4. The lowest BCUT2D eigenvalue weighted by Gasteiger charge is -2.11. The third kappa shape index (κ3) is 3.96. The van der Waals surface area contributed by atoms with Gasteiger partial charge in [-0.3, -0.25) is 0 Å². The second-order valence-corrected chi connectivity index (χ2v) is 12.1. The summed E-state index contributed by atoms with van der Waals surface area (Å²) in [6.07, 6.45) is 0. The average molecular weight is 580 g/mol. The van der Waals surface area contributed by atoms with Crippen molar-refractivity contribution in [1.82, 2.24) is 14.5 Å². The topological polar surface area (TPSA) is 30.7 Å². The number of benzene rings is 6. The van der Waals surface area contributed by atoms with Crippen LogP contribution in [0.15, 0.2) is 152 Å². The quantitative estimate of drug-likeness (QED) is 0.208. The molecule has 6 aromatic carbocycles. The molecule has 0 amide bonds. The highest BCUT2D eigenvalue weighted by atomic mass is 32.1. The fraction of sp³-hybridized carbons (Fsp3) is 0. The molecule has 3 aromatic heterocycles. The zero-order chi connectivity index (χ0) is 29.0. The van der Waals surface area contributed by atoms with E-state index >= 15 is 0 Å². The average Bonchev–Trinajstić information content (AvgIpc) is 3.64. The Bertz CT molecular complexity index is 2490. The van der Waals surface area contributed by atoms with E-state index < -0.39 is 0 Å². The minimum absolute atomic E-state index is 0.721. The van der Waals surface area contributed by atoms with Crippen molar-refractivity contribution in [3.05, 3.63) is 152 Å². The predicted molar refractivity (Wildman–Crippen MR) is 186 cm³/mol. The van der Waals surface area contributed by atoms with E-state index in [1.54, 1.807) is 0 Å². The van der Waals surface area contributed by atoms with Crippen molar-refractivity contribution in [2.45, 2.75) is 0 Å². The molecule has 0 bridgehead atoms. The first kappa shape index (κ1) is 25.0. The normalized spacial score (nSPS) is 11.6. The van der Waals surface area contributed by atoms with E-state index in [1.165, 1.54) is 25.6 Å². The molecule has 9 rings (SSSR count). The maximum Gasteiger partial charge on any atom is 0.161 e. The Hall–Kier alpha value is -5.58. The predicted octanol–water partition coefficient (Wildman–Crippen LogP) is 10.9. The number of para-hydroxylation sites is 2. The summed E-state index contributed by atoms with van der Waals surface area (Å²) in [5.74, 6) is 0.721. The van der Waals surface area contributed by atoms with Crippen molar-refractivity contribution in [1.29, 1.82) is 0 Å². The van der Waals surface area contributed by atoms with E-state index in [2.05, 4.69) is 150 Å². The molecule has 3 heterocycles. The van der Waals surface area contributed by atoms with Crippen LogP contribution in [-0.2, 0) is 0 Å². The molecule has 0 saturated heterocycles. The van der Waals surface area contributed by atoms with Gasteiger partial charge >= 0.3 is 0 Å². The van der Waals surface area contributed by atoms with Gasteiger partial charge in [0.15, 0.2) is 5.82 Å². The lowest BCUT2D eigenvalue weighted by molar-refractivity contribution is 1.17. The molecule has 9 aromatic rings. The van der Waals surface area contributed by atoms with Crippen LogP contribution in [0.4, 0.5) is 0 Å². The van der Waals surface area contributed by atoms with Crippen molar-refractivity contribution in [2.75, 3.05) is 0 Å². The number of fused-ring (bicyclic) bond motifs is 6. The number of thiophene rings is 1. The largest absolute Gasteiger partial charge is 0.309 e. The molecule has 0 aliphatic rings. The fourth-order valence-corrected chi connectivity index (χ4v) is 7.51. The van der Waals surface area contributed by atoms with Crippen molar-refractivity contribution in [3.63, 3.8) is 0 Å². The van der Waals surface area contributed by atoms with Gasteiger partial charge in [0, 0.05) is 53.3 Å². The van der Waals surface area contributed by atoms with Crippen molar-refractivity contribution in [2.24, 2.45) is 0 Å². The smallest absolute Gasteiger partial charge is 0.161 e. The van der Waals surface area contributed by atoms with Crippen LogP contribution in [0.25, 0.3) is 81.6 Å². The highest BCUT2D eigenvalue weighted by Crippen LogP contribution is 2.40. The summed E-state index contributed by atoms with van der Waals surface area (Å²) in [7, 11) is 0. The maximum atomic E-state index is 5.29. The zero-order valence-electron chi connectivity index (χ0n) is 23.7. The van der Waals surface area contributed by atoms with Crippen LogP contribution in [0.3, 0.4) is 0 Å². The SMILES string of the molecule is c1ccc(-c2cc(-c3ccc4sc5ccccc5c4c3)nc(-c3cccc4c3c3ccccc3n4-c3ccccc3)n2)cc1. The Labute approximate surface area is 258 Å². The van der Waals surface area contributed by atoms with Crippen molar-refractivity contribution in [3.8, 4) is 39.6 Å². The third-order valence-corrected chi connectivity index (χ3v) is 9.57. The monoisotopic (exact) mass is 579 g/mol. The standard InChI is InChI=1S/C40H25N3S/c1-3-12-26(13-4-1)33-25-34(27-22-23-38-32(24-27)29-16-8-10-21-37(29)44-38)42-40(41-33)31-18-11-20-36-39(31)30-17-7-9-19-35(30)43(36)28-14-5-2-6-15-28/h1-25H. The van der Waals surface area contributed by atoms with Crippen LogP contribution in [-0.4, -0.2) is 14.5 Å². The summed E-state index contributed by atoms with van der Waals surface area (Å²) in [5.41, 5.74) is 8.42.